The van der Waals surface area contributed by atoms with Crippen LogP contribution in [0.4, 0.5) is 5.69 Å². The Balaban J connectivity index is 1.45. The molecule has 38 heavy (non-hydrogen) atoms. The maximum Gasteiger partial charge on any atom is 0.246 e. The van der Waals surface area contributed by atoms with Crippen LogP contribution in [0.5, 0.6) is 11.5 Å². The molecule has 1 aliphatic rings. The van der Waals surface area contributed by atoms with Crippen LogP contribution in [0.1, 0.15) is 12.5 Å². The van der Waals surface area contributed by atoms with Crippen molar-refractivity contribution in [3.05, 3.63) is 84.4 Å². The van der Waals surface area contributed by atoms with Crippen molar-refractivity contribution in [1.29, 1.82) is 0 Å². The minimum absolute atomic E-state index is 0.124. The fraction of sp³-hybridized carbons (Fsp3) is 0.296. The van der Waals surface area contributed by atoms with Crippen molar-refractivity contribution in [2.75, 3.05) is 36.7 Å². The number of aryl methyl sites for hydroxylation is 1. The van der Waals surface area contributed by atoms with Crippen molar-refractivity contribution in [2.45, 2.75) is 24.8 Å². The summed E-state index contributed by atoms with van der Waals surface area (Å²) in [6.45, 7) is 3.99. The molecule has 9 nitrogen and oxygen atoms in total. The van der Waals surface area contributed by atoms with Gasteiger partial charge >= 0.3 is 0 Å². The van der Waals surface area contributed by atoms with Gasteiger partial charge in [0.05, 0.1) is 16.8 Å². The molecule has 1 unspecified atom stereocenters. The molecule has 4 rings (SSSR count). The Kier molecular flexibility index (Phi) is 8.10. The van der Waals surface area contributed by atoms with E-state index in [1.807, 2.05) is 37.3 Å². The molecule has 3 aromatic rings. The molecule has 11 heteroatoms. The summed E-state index contributed by atoms with van der Waals surface area (Å²) < 4.78 is 59.7. The molecular weight excluding hydrogens is 526 g/mol. The molecule has 0 aromatic heterocycles. The number of hydrogen-bond acceptors (Lipinski definition) is 6. The van der Waals surface area contributed by atoms with E-state index < -0.39 is 32.0 Å². The average Bonchev–Trinajstić information content (AvgIpc) is 2.89. The molecule has 0 aliphatic carbocycles. The van der Waals surface area contributed by atoms with Gasteiger partial charge in [0.1, 0.15) is 17.5 Å². The molecule has 0 N–H and O–H groups in total. The van der Waals surface area contributed by atoms with E-state index >= 15 is 0 Å². The van der Waals surface area contributed by atoms with Gasteiger partial charge in [-0.25, -0.2) is 16.8 Å². The van der Waals surface area contributed by atoms with Crippen molar-refractivity contribution in [3.8, 4) is 11.5 Å². The smallest absolute Gasteiger partial charge is 0.246 e. The second kappa shape index (κ2) is 11.1. The standard InChI is InChI=1S/C27H31N3O6S2/c1-21-9-15-26(16-10-21)38(34,35)29-19-17-28(18-20-29)27(31)22(2)30(37(3,32)33)23-11-13-25(14-12-23)36-24-7-5-4-6-8-24/h4-16,22H,17-20H2,1-3H3. The number of ether oxygens (including phenoxy) is 1. The zero-order chi connectivity index (χ0) is 27.5. The van der Waals surface area contributed by atoms with Gasteiger partial charge in [0.25, 0.3) is 0 Å². The quantitative estimate of drug-likeness (QED) is 0.420. The van der Waals surface area contributed by atoms with Crippen molar-refractivity contribution < 1.29 is 26.4 Å². The summed E-state index contributed by atoms with van der Waals surface area (Å²) in [5.74, 6) is 0.776. The summed E-state index contributed by atoms with van der Waals surface area (Å²) in [5.41, 5.74) is 1.29. The van der Waals surface area contributed by atoms with Crippen LogP contribution in [0.3, 0.4) is 0 Å². The molecule has 1 heterocycles. The maximum absolute atomic E-state index is 13.4. The first-order chi connectivity index (χ1) is 18.0. The molecule has 1 amide bonds. The van der Waals surface area contributed by atoms with Crippen molar-refractivity contribution in [3.63, 3.8) is 0 Å². The van der Waals surface area contributed by atoms with Gasteiger partial charge in [-0.2, -0.15) is 4.31 Å². The number of anilines is 1. The minimum Gasteiger partial charge on any atom is -0.457 e. The van der Waals surface area contributed by atoms with E-state index in [4.69, 9.17) is 4.74 Å². The zero-order valence-electron chi connectivity index (χ0n) is 21.5. The molecule has 1 atom stereocenters. The summed E-state index contributed by atoms with van der Waals surface area (Å²) in [5, 5.41) is 0. The highest BCUT2D eigenvalue weighted by Crippen LogP contribution is 2.28. The lowest BCUT2D eigenvalue weighted by Gasteiger charge is -2.37. The number of nitrogens with zero attached hydrogens (tertiary/aromatic N) is 3. The van der Waals surface area contributed by atoms with Crippen LogP contribution in [0.2, 0.25) is 0 Å². The Hall–Kier alpha value is -3.41. The van der Waals surface area contributed by atoms with Crippen LogP contribution in [-0.4, -0.2) is 70.4 Å². The van der Waals surface area contributed by atoms with E-state index in [9.17, 15) is 21.6 Å². The van der Waals surface area contributed by atoms with Crippen LogP contribution in [-0.2, 0) is 24.8 Å². The number of benzene rings is 3. The largest absolute Gasteiger partial charge is 0.457 e. The van der Waals surface area contributed by atoms with Gasteiger partial charge in [0.15, 0.2) is 0 Å². The maximum atomic E-state index is 13.4. The number of sulfonamides is 2. The van der Waals surface area contributed by atoms with Crippen LogP contribution in [0.15, 0.2) is 83.8 Å². The fourth-order valence-electron chi connectivity index (χ4n) is 4.36. The second-order valence-corrected chi connectivity index (χ2v) is 13.0. The Morgan fingerprint density at radius 3 is 1.92 bits per heavy atom. The third-order valence-electron chi connectivity index (χ3n) is 6.35. The van der Waals surface area contributed by atoms with Crippen LogP contribution in [0, 0.1) is 6.92 Å². The summed E-state index contributed by atoms with van der Waals surface area (Å²) in [4.78, 5) is 15.1. The van der Waals surface area contributed by atoms with Crippen LogP contribution >= 0.6 is 0 Å². The Bertz CT molecular complexity index is 1470. The van der Waals surface area contributed by atoms with Crippen molar-refractivity contribution >= 4 is 31.6 Å². The molecule has 1 aliphatic heterocycles. The summed E-state index contributed by atoms with van der Waals surface area (Å²) >= 11 is 0. The average molecular weight is 558 g/mol. The number of carbonyl (C=O) groups excluding carboxylic acids is 1. The topological polar surface area (TPSA) is 104 Å². The van der Waals surface area contributed by atoms with E-state index in [-0.39, 0.29) is 31.1 Å². The molecular formula is C27H31N3O6S2. The van der Waals surface area contributed by atoms with Gasteiger partial charge in [-0.15, -0.1) is 0 Å². The predicted molar refractivity (Wildman–Crippen MR) is 146 cm³/mol. The molecule has 1 saturated heterocycles. The Morgan fingerprint density at radius 1 is 0.816 bits per heavy atom. The van der Waals surface area contributed by atoms with Gasteiger partial charge in [-0.3, -0.25) is 9.10 Å². The van der Waals surface area contributed by atoms with E-state index in [1.54, 1.807) is 48.5 Å². The first kappa shape index (κ1) is 27.6. The molecule has 0 radical (unpaired) electrons. The number of carbonyl (C=O) groups is 1. The van der Waals surface area contributed by atoms with Gasteiger partial charge in [-0.1, -0.05) is 35.9 Å². The first-order valence-electron chi connectivity index (χ1n) is 12.1. The van der Waals surface area contributed by atoms with E-state index in [2.05, 4.69) is 0 Å². The molecule has 0 bridgehead atoms. The van der Waals surface area contributed by atoms with Crippen molar-refractivity contribution in [1.82, 2.24) is 9.21 Å². The lowest BCUT2D eigenvalue weighted by molar-refractivity contribution is -0.133. The second-order valence-electron chi connectivity index (χ2n) is 9.19. The van der Waals surface area contributed by atoms with Gasteiger partial charge in [0.2, 0.25) is 26.0 Å². The number of rotatable bonds is 8. The molecule has 1 fully saturated rings. The highest BCUT2D eigenvalue weighted by molar-refractivity contribution is 7.92. The third kappa shape index (κ3) is 6.17. The number of para-hydroxylation sites is 1. The highest BCUT2D eigenvalue weighted by atomic mass is 32.2. The lowest BCUT2D eigenvalue weighted by atomic mass is 10.2. The van der Waals surface area contributed by atoms with Crippen LogP contribution in [0.25, 0.3) is 0 Å². The number of amides is 1. The summed E-state index contributed by atoms with van der Waals surface area (Å²) in [6, 6.07) is 21.3. The van der Waals surface area contributed by atoms with Crippen LogP contribution < -0.4 is 9.04 Å². The van der Waals surface area contributed by atoms with Crippen molar-refractivity contribution in [2.24, 2.45) is 0 Å². The predicted octanol–water partition coefficient (Wildman–Crippen LogP) is 3.47. The molecule has 0 spiro atoms. The zero-order valence-corrected chi connectivity index (χ0v) is 23.2. The number of piperazine rings is 1. The number of hydrogen-bond donors (Lipinski definition) is 0. The minimum atomic E-state index is -3.81. The monoisotopic (exact) mass is 557 g/mol. The van der Waals surface area contributed by atoms with Gasteiger partial charge in [-0.05, 0) is 62.4 Å². The SMILES string of the molecule is Cc1ccc(S(=O)(=O)N2CCN(C(=O)C(C)N(c3ccc(Oc4ccccc4)cc3)S(C)(=O)=O)CC2)cc1. The Labute approximate surface area is 224 Å². The Morgan fingerprint density at radius 2 is 1.37 bits per heavy atom. The van der Waals surface area contributed by atoms with Gasteiger partial charge < -0.3 is 9.64 Å². The fourth-order valence-corrected chi connectivity index (χ4v) is 6.95. The lowest BCUT2D eigenvalue weighted by Crippen LogP contribution is -2.56. The van der Waals surface area contributed by atoms with E-state index in [1.165, 1.54) is 16.1 Å². The first-order valence-corrected chi connectivity index (χ1v) is 15.4. The summed E-state index contributed by atoms with van der Waals surface area (Å²) in [7, 11) is -7.49. The molecule has 0 saturated carbocycles. The summed E-state index contributed by atoms with van der Waals surface area (Å²) in [6.07, 6.45) is 1.05. The van der Waals surface area contributed by atoms with Gasteiger partial charge in [0, 0.05) is 26.2 Å². The normalized spacial score (nSPS) is 15.6. The third-order valence-corrected chi connectivity index (χ3v) is 9.50. The highest BCUT2D eigenvalue weighted by Gasteiger charge is 2.35. The molecule has 3 aromatic carbocycles. The molecule has 202 valence electrons. The van der Waals surface area contributed by atoms with E-state index in [0.717, 1.165) is 16.1 Å². The van der Waals surface area contributed by atoms with E-state index in [0.29, 0.717) is 17.2 Å².